The quantitative estimate of drug-likeness (QED) is 0.437. The number of piperidine rings is 1. The second-order valence-corrected chi connectivity index (χ2v) is 9.99. The Morgan fingerprint density at radius 3 is 2.61 bits per heavy atom. The predicted octanol–water partition coefficient (Wildman–Crippen LogP) is 6.45. The van der Waals surface area contributed by atoms with Gasteiger partial charge in [0.1, 0.15) is 10.8 Å². The fourth-order valence-corrected chi connectivity index (χ4v) is 6.51. The molecule has 0 bridgehead atoms. The predicted molar refractivity (Wildman–Crippen MR) is 133 cm³/mol. The van der Waals surface area contributed by atoms with Crippen molar-refractivity contribution in [2.45, 2.75) is 57.9 Å². The second kappa shape index (κ2) is 10.1. The number of nitrogens with zero attached hydrogens (tertiary/aromatic N) is 1. The van der Waals surface area contributed by atoms with Crippen LogP contribution in [0, 0.1) is 0 Å². The van der Waals surface area contributed by atoms with Gasteiger partial charge in [0.15, 0.2) is 5.76 Å². The van der Waals surface area contributed by atoms with E-state index in [4.69, 9.17) is 9.15 Å². The van der Waals surface area contributed by atoms with Crippen LogP contribution >= 0.6 is 11.3 Å². The number of carbonyl (C=O) groups excluding carboxylic acids is 1. The summed E-state index contributed by atoms with van der Waals surface area (Å²) in [6, 6.07) is 12.2. The molecule has 1 amide bonds. The number of benzene rings is 1. The van der Waals surface area contributed by atoms with Crippen molar-refractivity contribution in [2.75, 3.05) is 25.0 Å². The van der Waals surface area contributed by atoms with E-state index in [1.54, 1.807) is 29.7 Å². The molecule has 0 unspecified atom stereocenters. The lowest BCUT2D eigenvalue weighted by molar-refractivity contribution is 0.0996. The zero-order chi connectivity index (χ0) is 22.6. The molecule has 1 saturated heterocycles. The first-order valence-electron chi connectivity index (χ1n) is 12.2. The van der Waals surface area contributed by atoms with Crippen LogP contribution in [0.2, 0.25) is 0 Å². The van der Waals surface area contributed by atoms with Gasteiger partial charge in [0.05, 0.1) is 18.9 Å². The number of hydrogen-bond donors (Lipinski definition) is 1. The van der Waals surface area contributed by atoms with Gasteiger partial charge in [-0.2, -0.15) is 0 Å². The lowest BCUT2D eigenvalue weighted by Gasteiger charge is -2.36. The normalized spacial score (nSPS) is 17.4. The molecule has 6 heteroatoms. The highest BCUT2D eigenvalue weighted by Gasteiger charge is 2.33. The van der Waals surface area contributed by atoms with E-state index in [1.165, 1.54) is 53.7 Å². The molecule has 1 fully saturated rings. The lowest BCUT2D eigenvalue weighted by atomic mass is 9.88. The fraction of sp³-hybridized carbons (Fsp3) is 0.444. The topological polar surface area (TPSA) is 54.7 Å². The summed E-state index contributed by atoms with van der Waals surface area (Å²) in [5.74, 6) is 1.07. The third-order valence-electron chi connectivity index (χ3n) is 6.72. The van der Waals surface area contributed by atoms with Crippen molar-refractivity contribution < 1.29 is 13.9 Å². The number of hydrogen-bond acceptors (Lipinski definition) is 5. The number of nitrogens with one attached hydrogen (secondary N) is 1. The van der Waals surface area contributed by atoms with E-state index < -0.39 is 0 Å². The highest BCUT2D eigenvalue weighted by atomic mass is 32.1. The molecule has 1 N–H and O–H groups in total. The van der Waals surface area contributed by atoms with Gasteiger partial charge in [-0.1, -0.05) is 18.6 Å². The Labute approximate surface area is 199 Å². The molecular formula is C27H32N2O3S. The first-order valence-corrected chi connectivity index (χ1v) is 13.0. The molecular weight excluding hydrogens is 432 g/mol. The van der Waals surface area contributed by atoms with Crippen molar-refractivity contribution in [3.05, 3.63) is 70.0 Å². The number of amides is 1. The van der Waals surface area contributed by atoms with E-state index in [2.05, 4.69) is 34.5 Å². The summed E-state index contributed by atoms with van der Waals surface area (Å²) < 4.78 is 11.1. The molecule has 0 radical (unpaired) electrons. The van der Waals surface area contributed by atoms with Crippen molar-refractivity contribution >= 4 is 22.2 Å². The van der Waals surface area contributed by atoms with E-state index >= 15 is 0 Å². The molecule has 1 aromatic carbocycles. The van der Waals surface area contributed by atoms with Crippen molar-refractivity contribution in [1.82, 2.24) is 4.90 Å². The van der Waals surface area contributed by atoms with Crippen molar-refractivity contribution in [2.24, 2.45) is 0 Å². The first kappa shape index (κ1) is 22.2. The van der Waals surface area contributed by atoms with Crippen LogP contribution in [0.4, 0.5) is 5.00 Å². The van der Waals surface area contributed by atoms with Crippen LogP contribution < -0.4 is 10.1 Å². The minimum Gasteiger partial charge on any atom is -0.494 e. The molecule has 1 aliphatic heterocycles. The average molecular weight is 465 g/mol. The highest BCUT2D eigenvalue weighted by Crippen LogP contribution is 2.46. The van der Waals surface area contributed by atoms with Crippen molar-refractivity contribution in [3.8, 4) is 5.75 Å². The summed E-state index contributed by atoms with van der Waals surface area (Å²) >= 11 is 1.76. The van der Waals surface area contributed by atoms with Crippen LogP contribution in [0.1, 0.15) is 77.2 Å². The number of aryl methyl sites for hydroxylation is 1. The van der Waals surface area contributed by atoms with Crippen LogP contribution in [0.3, 0.4) is 0 Å². The van der Waals surface area contributed by atoms with Gasteiger partial charge in [0, 0.05) is 10.4 Å². The maximum Gasteiger partial charge on any atom is 0.291 e. The number of ether oxygens (including phenoxy) is 1. The third kappa shape index (κ3) is 4.73. The van der Waals surface area contributed by atoms with Gasteiger partial charge in [0.25, 0.3) is 5.91 Å². The number of thiophene rings is 1. The summed E-state index contributed by atoms with van der Waals surface area (Å²) in [6.07, 6.45) is 9.87. The second-order valence-electron chi connectivity index (χ2n) is 8.89. The van der Waals surface area contributed by atoms with E-state index in [-0.39, 0.29) is 11.9 Å². The number of likely N-dealkylation sites (tertiary alicyclic amines) is 1. The van der Waals surface area contributed by atoms with Gasteiger partial charge in [0.2, 0.25) is 0 Å². The number of fused-ring (bicyclic) bond motifs is 1. The summed E-state index contributed by atoms with van der Waals surface area (Å²) in [7, 11) is 0. The third-order valence-corrected chi connectivity index (χ3v) is 7.94. The van der Waals surface area contributed by atoms with Gasteiger partial charge in [-0.25, -0.2) is 0 Å². The monoisotopic (exact) mass is 464 g/mol. The van der Waals surface area contributed by atoms with E-state index in [1.807, 2.05) is 6.92 Å². The van der Waals surface area contributed by atoms with E-state index in [9.17, 15) is 4.79 Å². The average Bonchev–Trinajstić information content (AvgIpc) is 3.50. The molecule has 0 saturated carbocycles. The van der Waals surface area contributed by atoms with Gasteiger partial charge in [-0.3, -0.25) is 9.69 Å². The Kier molecular flexibility index (Phi) is 6.83. The van der Waals surface area contributed by atoms with Crippen LogP contribution in [0.15, 0.2) is 47.1 Å². The van der Waals surface area contributed by atoms with Gasteiger partial charge >= 0.3 is 0 Å². The number of furan rings is 1. The SMILES string of the molecule is CCOc1ccc([C@@H](c2c(NC(=O)c3ccco3)sc3c2CCCC3)N2CCCCC2)cc1. The summed E-state index contributed by atoms with van der Waals surface area (Å²) in [6.45, 7) is 4.83. The molecule has 2 aliphatic rings. The fourth-order valence-electron chi connectivity index (χ4n) is 5.19. The number of rotatable bonds is 7. The minimum atomic E-state index is -0.177. The molecule has 3 aromatic rings. The maximum atomic E-state index is 13.0. The summed E-state index contributed by atoms with van der Waals surface area (Å²) in [4.78, 5) is 17.0. The first-order chi connectivity index (χ1) is 16.2. The Morgan fingerprint density at radius 1 is 1.09 bits per heavy atom. The molecule has 33 heavy (non-hydrogen) atoms. The number of carbonyl (C=O) groups is 1. The van der Waals surface area contributed by atoms with E-state index in [0.717, 1.165) is 36.7 Å². The molecule has 1 atom stereocenters. The molecule has 1 aliphatic carbocycles. The number of anilines is 1. The molecule has 5 nitrogen and oxygen atoms in total. The lowest BCUT2D eigenvalue weighted by Crippen LogP contribution is -2.35. The highest BCUT2D eigenvalue weighted by molar-refractivity contribution is 7.16. The van der Waals surface area contributed by atoms with Gasteiger partial charge in [-0.05, 0) is 93.9 Å². The Morgan fingerprint density at radius 2 is 1.88 bits per heavy atom. The summed E-state index contributed by atoms with van der Waals surface area (Å²) in [5, 5.41) is 4.21. The zero-order valence-corrected chi connectivity index (χ0v) is 20.1. The zero-order valence-electron chi connectivity index (χ0n) is 19.3. The Hall–Kier alpha value is -2.57. The largest absolute Gasteiger partial charge is 0.494 e. The smallest absolute Gasteiger partial charge is 0.291 e. The minimum absolute atomic E-state index is 0.131. The summed E-state index contributed by atoms with van der Waals surface area (Å²) in [5.41, 5.74) is 4.01. The molecule has 5 rings (SSSR count). The Balaban J connectivity index is 1.58. The van der Waals surface area contributed by atoms with Crippen LogP contribution in [0.25, 0.3) is 0 Å². The van der Waals surface area contributed by atoms with Crippen molar-refractivity contribution in [3.63, 3.8) is 0 Å². The van der Waals surface area contributed by atoms with E-state index in [0.29, 0.717) is 12.4 Å². The molecule has 3 heterocycles. The van der Waals surface area contributed by atoms with Gasteiger partial charge < -0.3 is 14.5 Å². The van der Waals surface area contributed by atoms with Crippen LogP contribution in [-0.4, -0.2) is 30.5 Å². The van der Waals surface area contributed by atoms with Crippen LogP contribution in [-0.2, 0) is 12.8 Å². The molecule has 2 aromatic heterocycles. The maximum absolute atomic E-state index is 13.0. The Bertz CT molecular complexity index is 1070. The molecule has 174 valence electrons. The molecule has 0 spiro atoms. The van der Waals surface area contributed by atoms with Crippen LogP contribution in [0.5, 0.6) is 5.75 Å². The van der Waals surface area contributed by atoms with Crippen molar-refractivity contribution in [1.29, 1.82) is 0 Å². The van der Waals surface area contributed by atoms with Gasteiger partial charge in [-0.15, -0.1) is 11.3 Å². The standard InChI is InChI=1S/C27H32N2O3S/c1-2-31-20-14-12-19(13-15-20)25(29-16-6-3-7-17-29)24-21-9-4-5-11-23(21)33-27(24)28-26(30)22-10-8-18-32-22/h8,10,12-15,18,25H,2-7,9,11,16-17H2,1H3,(H,28,30)/t25-/m0/s1.